The van der Waals surface area contributed by atoms with Gasteiger partial charge in [0.05, 0.1) is 6.26 Å². The quantitative estimate of drug-likeness (QED) is 0.705. The van der Waals surface area contributed by atoms with Crippen molar-refractivity contribution in [2.75, 3.05) is 5.32 Å². The fourth-order valence-corrected chi connectivity index (χ4v) is 3.91. The second-order valence-corrected chi connectivity index (χ2v) is 6.95. The van der Waals surface area contributed by atoms with Crippen LogP contribution in [0.25, 0.3) is 0 Å². The summed E-state index contributed by atoms with van der Waals surface area (Å²) in [7, 11) is 0. The molecule has 7 nitrogen and oxygen atoms in total. The summed E-state index contributed by atoms with van der Waals surface area (Å²) >= 11 is 0. The van der Waals surface area contributed by atoms with Gasteiger partial charge in [-0.05, 0) is 36.2 Å². The van der Waals surface area contributed by atoms with E-state index in [1.807, 2.05) is 0 Å². The third-order valence-electron chi connectivity index (χ3n) is 5.14. The lowest BCUT2D eigenvalue weighted by Gasteiger charge is -2.34. The first-order chi connectivity index (χ1) is 13.9. The Balaban J connectivity index is 1.64. The van der Waals surface area contributed by atoms with Crippen molar-refractivity contribution in [2.24, 2.45) is 0 Å². The molecule has 0 saturated heterocycles. The fourth-order valence-electron chi connectivity index (χ4n) is 3.91. The van der Waals surface area contributed by atoms with Crippen molar-refractivity contribution in [3.8, 4) is 0 Å². The van der Waals surface area contributed by atoms with Gasteiger partial charge in [-0.25, -0.2) is 4.68 Å². The van der Waals surface area contributed by atoms with Crippen LogP contribution in [0.1, 0.15) is 41.9 Å². The lowest BCUT2D eigenvalue weighted by Crippen LogP contribution is -2.33. The predicted molar refractivity (Wildman–Crippen MR) is 93.7 cm³/mol. The number of furan rings is 1. The maximum Gasteiger partial charge on any atom is 0.453 e. The molecule has 0 radical (unpaired) electrons. The van der Waals surface area contributed by atoms with Gasteiger partial charge in [0, 0.05) is 36.0 Å². The zero-order valence-corrected chi connectivity index (χ0v) is 14.8. The summed E-state index contributed by atoms with van der Waals surface area (Å²) in [4.78, 5) is 20.7. The molecule has 0 amide bonds. The van der Waals surface area contributed by atoms with Crippen LogP contribution in [-0.4, -0.2) is 25.5 Å². The number of hydrogen-bond donors (Lipinski definition) is 1. The SMILES string of the molecule is O=C1C[C@H](c2ccco2)CC2=C1[C@@H](c1ccncc1)n1nc(C(F)(F)F)nc1N2. The van der Waals surface area contributed by atoms with Gasteiger partial charge in [0.25, 0.3) is 5.82 Å². The number of Topliss-reactive ketones (excluding diaryl/α,β-unsaturated/α-hetero) is 1. The van der Waals surface area contributed by atoms with E-state index >= 15 is 0 Å². The van der Waals surface area contributed by atoms with E-state index in [0.717, 1.165) is 4.68 Å². The van der Waals surface area contributed by atoms with Crippen LogP contribution in [-0.2, 0) is 11.0 Å². The zero-order chi connectivity index (χ0) is 20.2. The number of rotatable bonds is 2. The molecule has 1 N–H and O–H groups in total. The van der Waals surface area contributed by atoms with Gasteiger partial charge in [0.1, 0.15) is 11.8 Å². The maximum atomic E-state index is 13.2. The summed E-state index contributed by atoms with van der Waals surface area (Å²) in [6, 6.07) is 6.04. The molecule has 1 aliphatic carbocycles. The number of allylic oxidation sites excluding steroid dienone is 2. The molecule has 4 heterocycles. The number of ketones is 1. The van der Waals surface area contributed by atoms with Gasteiger partial charge in [0.15, 0.2) is 5.78 Å². The molecule has 29 heavy (non-hydrogen) atoms. The number of nitrogens with one attached hydrogen (secondary N) is 1. The summed E-state index contributed by atoms with van der Waals surface area (Å²) in [5.41, 5.74) is 1.54. The number of halogens is 3. The number of fused-ring (bicyclic) bond motifs is 1. The second-order valence-electron chi connectivity index (χ2n) is 6.95. The molecule has 3 aromatic rings. The summed E-state index contributed by atoms with van der Waals surface area (Å²) in [6.07, 6.45) is 0.506. The van der Waals surface area contributed by atoms with Crippen molar-refractivity contribution in [3.05, 3.63) is 71.3 Å². The van der Waals surface area contributed by atoms with E-state index in [0.29, 0.717) is 29.0 Å². The smallest absolute Gasteiger partial charge is 0.453 e. The Kier molecular flexibility index (Phi) is 3.83. The van der Waals surface area contributed by atoms with Crippen LogP contribution in [0.5, 0.6) is 0 Å². The minimum absolute atomic E-state index is 0.0502. The average Bonchev–Trinajstić information content (AvgIpc) is 3.36. The van der Waals surface area contributed by atoms with Crippen LogP contribution in [0.4, 0.5) is 19.1 Å². The Morgan fingerprint density at radius 1 is 1.17 bits per heavy atom. The number of nitrogens with zero attached hydrogens (tertiary/aromatic N) is 4. The van der Waals surface area contributed by atoms with Crippen molar-refractivity contribution in [2.45, 2.75) is 31.0 Å². The van der Waals surface area contributed by atoms with Crippen LogP contribution < -0.4 is 5.32 Å². The second kappa shape index (κ2) is 6.29. The van der Waals surface area contributed by atoms with Gasteiger partial charge < -0.3 is 9.73 Å². The number of pyridine rings is 1. The van der Waals surface area contributed by atoms with Gasteiger partial charge in [0.2, 0.25) is 5.95 Å². The monoisotopic (exact) mass is 401 g/mol. The molecule has 0 saturated carbocycles. The predicted octanol–water partition coefficient (Wildman–Crippen LogP) is 3.70. The average molecular weight is 401 g/mol. The fraction of sp³-hybridized carbons (Fsp3) is 0.263. The Morgan fingerprint density at radius 3 is 2.66 bits per heavy atom. The Bertz CT molecular complexity index is 1100. The molecular formula is C19H14F3N5O2. The molecule has 0 fully saturated rings. The standard InChI is InChI=1S/C19H14F3N5O2/c20-19(21,22)17-25-18-24-12-8-11(14-2-1-7-29-14)9-13(28)15(12)16(27(18)26-17)10-3-5-23-6-4-10/h1-7,11,16H,8-9H2,(H,24,25,26)/t11-,16-/m1/s1. The van der Waals surface area contributed by atoms with Gasteiger partial charge in [-0.3, -0.25) is 9.78 Å². The van der Waals surface area contributed by atoms with Crippen LogP contribution >= 0.6 is 0 Å². The third-order valence-corrected chi connectivity index (χ3v) is 5.14. The van der Waals surface area contributed by atoms with Crippen molar-refractivity contribution in [1.29, 1.82) is 0 Å². The lowest BCUT2D eigenvalue weighted by atomic mass is 9.80. The number of hydrogen-bond acceptors (Lipinski definition) is 6. The summed E-state index contributed by atoms with van der Waals surface area (Å²) in [6.45, 7) is 0. The van der Waals surface area contributed by atoms with Gasteiger partial charge in [-0.2, -0.15) is 18.2 Å². The van der Waals surface area contributed by atoms with Crippen LogP contribution in [0.3, 0.4) is 0 Å². The van der Waals surface area contributed by atoms with Gasteiger partial charge in [-0.1, -0.05) is 0 Å². The lowest BCUT2D eigenvalue weighted by molar-refractivity contribution is -0.145. The summed E-state index contributed by atoms with van der Waals surface area (Å²) in [5, 5.41) is 6.57. The molecule has 148 valence electrons. The van der Waals surface area contributed by atoms with E-state index in [-0.39, 0.29) is 24.1 Å². The van der Waals surface area contributed by atoms with Gasteiger partial charge >= 0.3 is 6.18 Å². The highest BCUT2D eigenvalue weighted by molar-refractivity contribution is 6.00. The summed E-state index contributed by atoms with van der Waals surface area (Å²) in [5.74, 6) is -1.01. The highest BCUT2D eigenvalue weighted by Crippen LogP contribution is 2.44. The molecule has 2 atom stereocenters. The number of carbonyl (C=O) groups excluding carboxylic acids is 1. The first-order valence-corrected chi connectivity index (χ1v) is 8.92. The number of aromatic nitrogens is 4. The van der Waals surface area contributed by atoms with E-state index in [2.05, 4.69) is 20.4 Å². The molecule has 5 rings (SSSR count). The number of anilines is 1. The first-order valence-electron chi connectivity index (χ1n) is 8.92. The highest BCUT2D eigenvalue weighted by Gasteiger charge is 2.43. The van der Waals surface area contributed by atoms with Crippen molar-refractivity contribution >= 4 is 11.7 Å². The Hall–Kier alpha value is -3.43. The van der Waals surface area contributed by atoms with Crippen molar-refractivity contribution < 1.29 is 22.4 Å². The van der Waals surface area contributed by atoms with Crippen LogP contribution in [0, 0.1) is 0 Å². The Labute approximate surface area is 162 Å². The maximum absolute atomic E-state index is 13.2. The van der Waals surface area contributed by atoms with Crippen LogP contribution in [0.15, 0.2) is 58.6 Å². The first kappa shape index (κ1) is 17.7. The largest absolute Gasteiger partial charge is 0.469 e. The molecule has 1 aliphatic heterocycles. The minimum Gasteiger partial charge on any atom is -0.469 e. The molecule has 0 bridgehead atoms. The van der Waals surface area contributed by atoms with Crippen molar-refractivity contribution in [1.82, 2.24) is 19.7 Å². The van der Waals surface area contributed by atoms with Gasteiger partial charge in [-0.15, -0.1) is 5.10 Å². The molecule has 3 aromatic heterocycles. The molecule has 0 spiro atoms. The van der Waals surface area contributed by atoms with Crippen LogP contribution in [0.2, 0.25) is 0 Å². The Morgan fingerprint density at radius 2 is 1.97 bits per heavy atom. The van der Waals surface area contributed by atoms with E-state index in [1.165, 1.54) is 18.7 Å². The third kappa shape index (κ3) is 2.91. The molecule has 10 heteroatoms. The van der Waals surface area contributed by atoms with E-state index in [9.17, 15) is 18.0 Å². The zero-order valence-electron chi connectivity index (χ0n) is 14.8. The highest BCUT2D eigenvalue weighted by atomic mass is 19.4. The van der Waals surface area contributed by atoms with E-state index < -0.39 is 18.0 Å². The van der Waals surface area contributed by atoms with E-state index in [1.54, 1.807) is 24.3 Å². The molecular weight excluding hydrogens is 387 g/mol. The number of alkyl halides is 3. The molecule has 0 unspecified atom stereocenters. The molecule has 2 aliphatic rings. The minimum atomic E-state index is -4.70. The summed E-state index contributed by atoms with van der Waals surface area (Å²) < 4.78 is 46.3. The topological polar surface area (TPSA) is 85.8 Å². The molecule has 0 aromatic carbocycles. The van der Waals surface area contributed by atoms with E-state index in [4.69, 9.17) is 4.42 Å². The normalized spacial score (nSPS) is 21.6. The van der Waals surface area contributed by atoms with Crippen molar-refractivity contribution in [3.63, 3.8) is 0 Å². The number of carbonyl (C=O) groups is 1.